The number of aromatic nitrogens is 2. The molecular weight excluding hydrogens is 434 g/mol. The molecule has 1 atom stereocenters. The Bertz CT molecular complexity index is 1190. The number of hydrogen-bond acceptors (Lipinski definition) is 6. The van der Waals surface area contributed by atoms with E-state index in [1.807, 2.05) is 38.1 Å². The molecule has 8 nitrogen and oxygen atoms in total. The van der Waals surface area contributed by atoms with Crippen LogP contribution in [0.5, 0.6) is 17.2 Å². The average molecular weight is 466 g/mol. The maximum absolute atomic E-state index is 13.3. The van der Waals surface area contributed by atoms with E-state index >= 15 is 0 Å². The number of fused-ring (bicyclic) bond motifs is 1. The number of carbonyl (C=O) groups excluding carboxylic acids is 1. The molecule has 1 aliphatic rings. The smallest absolute Gasteiger partial charge is 0.273 e. The number of methoxy groups -OCH3 is 1. The summed E-state index contributed by atoms with van der Waals surface area (Å²) in [6.45, 7) is 8.48. The van der Waals surface area contributed by atoms with Gasteiger partial charge in [0, 0.05) is 17.7 Å². The summed E-state index contributed by atoms with van der Waals surface area (Å²) < 4.78 is 11.5. The third-order valence-electron chi connectivity index (χ3n) is 5.98. The van der Waals surface area contributed by atoms with E-state index in [2.05, 4.69) is 24.0 Å². The van der Waals surface area contributed by atoms with Gasteiger partial charge in [0.05, 0.1) is 26.4 Å². The third-order valence-corrected chi connectivity index (χ3v) is 5.98. The fourth-order valence-corrected chi connectivity index (χ4v) is 4.56. The molecule has 0 spiro atoms. The van der Waals surface area contributed by atoms with Crippen LogP contribution < -0.4 is 9.47 Å². The lowest BCUT2D eigenvalue weighted by Crippen LogP contribution is -2.32. The first-order valence-corrected chi connectivity index (χ1v) is 11.4. The van der Waals surface area contributed by atoms with Gasteiger partial charge in [-0.25, -0.2) is 0 Å². The molecule has 0 saturated carbocycles. The van der Waals surface area contributed by atoms with Crippen molar-refractivity contribution < 1.29 is 24.5 Å². The standard InChI is InChI=1S/C26H31N3O5/c1-14(2)13-34-19-7-6-17(12-20(19)33-5)25-22-23(21-16(4)10-15(3)11-18(21)31)27-28-24(22)26(32)29(25)8-9-30/h6-7,10-12,14,25,30-31H,8-9,13H2,1-5H3,(H,27,28). The predicted octanol–water partition coefficient (Wildman–Crippen LogP) is 3.98. The van der Waals surface area contributed by atoms with Crippen molar-refractivity contribution in [3.8, 4) is 28.5 Å². The van der Waals surface area contributed by atoms with Crippen molar-refractivity contribution in [1.82, 2.24) is 15.1 Å². The van der Waals surface area contributed by atoms with E-state index in [-0.39, 0.29) is 24.8 Å². The molecule has 0 aliphatic carbocycles. The Morgan fingerprint density at radius 2 is 1.94 bits per heavy atom. The van der Waals surface area contributed by atoms with Crippen molar-refractivity contribution in [2.24, 2.45) is 5.92 Å². The molecule has 4 rings (SSSR count). The van der Waals surface area contributed by atoms with Gasteiger partial charge in [0.25, 0.3) is 5.91 Å². The number of aromatic hydroxyl groups is 1. The normalized spacial score (nSPS) is 15.2. The summed E-state index contributed by atoms with van der Waals surface area (Å²) in [6, 6.07) is 8.73. The topological polar surface area (TPSA) is 108 Å². The summed E-state index contributed by atoms with van der Waals surface area (Å²) in [4.78, 5) is 14.9. The van der Waals surface area contributed by atoms with Crippen molar-refractivity contribution in [2.45, 2.75) is 33.7 Å². The highest BCUT2D eigenvalue weighted by Crippen LogP contribution is 2.46. The Morgan fingerprint density at radius 1 is 1.18 bits per heavy atom. The van der Waals surface area contributed by atoms with Crippen LogP contribution in [-0.4, -0.2) is 58.1 Å². The lowest BCUT2D eigenvalue weighted by molar-refractivity contribution is 0.0706. The number of β-amino-alcohol motifs (C(OH)–C–C–N with tert-alkyl or cyclic N) is 1. The monoisotopic (exact) mass is 465 g/mol. The van der Waals surface area contributed by atoms with Gasteiger partial charge in [0.2, 0.25) is 0 Å². The molecule has 1 aromatic heterocycles. The highest BCUT2D eigenvalue weighted by atomic mass is 16.5. The summed E-state index contributed by atoms with van der Waals surface area (Å²) in [5.74, 6) is 1.39. The van der Waals surface area contributed by atoms with Crippen LogP contribution in [-0.2, 0) is 0 Å². The van der Waals surface area contributed by atoms with Crippen LogP contribution in [0.2, 0.25) is 0 Å². The molecule has 0 saturated heterocycles. The molecule has 3 N–H and O–H groups in total. The number of phenols is 1. The van der Waals surface area contributed by atoms with Crippen LogP contribution in [0.25, 0.3) is 11.3 Å². The molecule has 1 aliphatic heterocycles. The molecule has 180 valence electrons. The Morgan fingerprint density at radius 3 is 2.59 bits per heavy atom. The lowest BCUT2D eigenvalue weighted by Gasteiger charge is -2.26. The van der Waals surface area contributed by atoms with Gasteiger partial charge in [0.15, 0.2) is 11.5 Å². The number of aliphatic hydroxyl groups is 1. The molecule has 0 fully saturated rings. The molecule has 3 aromatic rings. The number of ether oxygens (including phenoxy) is 2. The number of aliphatic hydroxyl groups excluding tert-OH is 1. The Kier molecular flexibility index (Phi) is 6.52. The summed E-state index contributed by atoms with van der Waals surface area (Å²) in [7, 11) is 1.58. The Balaban J connectivity index is 1.86. The predicted molar refractivity (Wildman–Crippen MR) is 128 cm³/mol. The van der Waals surface area contributed by atoms with E-state index in [1.54, 1.807) is 18.1 Å². The number of rotatable bonds is 8. The first kappa shape index (κ1) is 23.6. The van der Waals surface area contributed by atoms with Crippen molar-refractivity contribution in [2.75, 3.05) is 26.9 Å². The second-order valence-corrected chi connectivity index (χ2v) is 9.08. The van der Waals surface area contributed by atoms with Gasteiger partial charge in [-0.2, -0.15) is 5.10 Å². The van der Waals surface area contributed by atoms with E-state index in [9.17, 15) is 15.0 Å². The van der Waals surface area contributed by atoms with Crippen LogP contribution >= 0.6 is 0 Å². The molecule has 1 amide bonds. The zero-order valence-electron chi connectivity index (χ0n) is 20.2. The summed E-state index contributed by atoms with van der Waals surface area (Å²) >= 11 is 0. The number of hydrogen-bond donors (Lipinski definition) is 3. The van der Waals surface area contributed by atoms with Crippen molar-refractivity contribution in [1.29, 1.82) is 0 Å². The fourth-order valence-electron chi connectivity index (χ4n) is 4.56. The molecular formula is C26H31N3O5. The average Bonchev–Trinajstić information content (AvgIpc) is 3.31. The summed E-state index contributed by atoms with van der Waals surface area (Å²) in [6.07, 6.45) is 0. The number of nitrogens with one attached hydrogen (secondary N) is 1. The first-order valence-electron chi connectivity index (χ1n) is 11.4. The second-order valence-electron chi connectivity index (χ2n) is 9.08. The van der Waals surface area contributed by atoms with E-state index < -0.39 is 6.04 Å². The number of aromatic amines is 1. The number of carbonyl (C=O) groups is 1. The van der Waals surface area contributed by atoms with Gasteiger partial charge in [-0.15, -0.1) is 0 Å². The maximum Gasteiger partial charge on any atom is 0.273 e. The number of H-pyrrole nitrogens is 1. The molecule has 8 heteroatoms. The van der Waals surface area contributed by atoms with Crippen LogP contribution in [0.15, 0.2) is 30.3 Å². The quantitative estimate of drug-likeness (QED) is 0.464. The molecule has 0 radical (unpaired) electrons. The fraction of sp³-hybridized carbons (Fsp3) is 0.385. The Labute approximate surface area is 199 Å². The molecule has 0 bridgehead atoms. The number of amides is 1. The van der Waals surface area contributed by atoms with Gasteiger partial charge >= 0.3 is 0 Å². The van der Waals surface area contributed by atoms with Gasteiger partial charge < -0.3 is 24.6 Å². The summed E-state index contributed by atoms with van der Waals surface area (Å²) in [5.41, 5.74) is 4.70. The van der Waals surface area contributed by atoms with E-state index in [4.69, 9.17) is 9.47 Å². The number of nitrogens with zero attached hydrogens (tertiary/aromatic N) is 2. The number of aryl methyl sites for hydroxylation is 2. The Hall–Kier alpha value is -3.52. The van der Waals surface area contributed by atoms with Gasteiger partial charge in [-0.05, 0) is 54.7 Å². The van der Waals surface area contributed by atoms with E-state index in [1.165, 1.54) is 0 Å². The maximum atomic E-state index is 13.3. The minimum absolute atomic E-state index is 0.105. The lowest BCUT2D eigenvalue weighted by atomic mass is 9.93. The highest BCUT2D eigenvalue weighted by Gasteiger charge is 2.42. The third kappa shape index (κ3) is 4.09. The second kappa shape index (κ2) is 9.38. The van der Waals surface area contributed by atoms with Gasteiger partial charge in [-0.1, -0.05) is 26.0 Å². The summed E-state index contributed by atoms with van der Waals surface area (Å²) in [5, 5.41) is 27.8. The molecule has 34 heavy (non-hydrogen) atoms. The van der Waals surface area contributed by atoms with E-state index in [0.29, 0.717) is 46.5 Å². The minimum atomic E-state index is -0.517. The molecule has 2 aromatic carbocycles. The minimum Gasteiger partial charge on any atom is -0.507 e. The zero-order chi connectivity index (χ0) is 24.6. The SMILES string of the molecule is COc1cc(C2c3c(-c4c(C)cc(C)cc4O)n[nH]c3C(=O)N2CCO)ccc1OCC(C)C. The first-order chi connectivity index (χ1) is 16.3. The largest absolute Gasteiger partial charge is 0.507 e. The van der Waals surface area contributed by atoms with Crippen LogP contribution in [0, 0.1) is 19.8 Å². The van der Waals surface area contributed by atoms with Crippen LogP contribution in [0.3, 0.4) is 0 Å². The van der Waals surface area contributed by atoms with Gasteiger partial charge in [0.1, 0.15) is 17.1 Å². The highest BCUT2D eigenvalue weighted by molar-refractivity contribution is 6.00. The van der Waals surface area contributed by atoms with Gasteiger partial charge in [-0.3, -0.25) is 9.89 Å². The number of phenolic OH excluding ortho intramolecular Hbond substituents is 1. The number of benzene rings is 2. The van der Waals surface area contributed by atoms with E-state index in [0.717, 1.165) is 16.7 Å². The van der Waals surface area contributed by atoms with Crippen molar-refractivity contribution >= 4 is 5.91 Å². The van der Waals surface area contributed by atoms with Crippen LogP contribution in [0.4, 0.5) is 0 Å². The van der Waals surface area contributed by atoms with Crippen molar-refractivity contribution in [3.05, 3.63) is 58.3 Å². The molecule has 2 heterocycles. The zero-order valence-corrected chi connectivity index (χ0v) is 20.2. The molecule has 1 unspecified atom stereocenters. The van der Waals surface area contributed by atoms with Crippen LogP contribution in [0.1, 0.15) is 52.6 Å². The van der Waals surface area contributed by atoms with Crippen molar-refractivity contribution in [3.63, 3.8) is 0 Å².